The molecule has 0 unspecified atom stereocenters. The number of carbonyl (C=O) groups excluding carboxylic acids is 1. The van der Waals surface area contributed by atoms with E-state index in [-0.39, 0.29) is 11.9 Å². The second-order valence-corrected chi connectivity index (χ2v) is 11.6. The number of imidazole rings is 1. The molecule has 1 N–H and O–H groups in total. The molecule has 6 rings (SSSR count). The molecule has 7 nitrogen and oxygen atoms in total. The summed E-state index contributed by atoms with van der Waals surface area (Å²) in [6.07, 6.45) is 5.82. The highest BCUT2D eigenvalue weighted by Crippen LogP contribution is 2.29. The fourth-order valence-electron chi connectivity index (χ4n) is 5.84. The number of carbonyl (C=O) groups is 1. The van der Waals surface area contributed by atoms with Crippen molar-refractivity contribution in [1.82, 2.24) is 24.2 Å². The Bertz CT molecular complexity index is 1810. The van der Waals surface area contributed by atoms with Crippen molar-refractivity contribution in [3.63, 3.8) is 0 Å². The minimum atomic E-state index is -4.41. The minimum absolute atomic E-state index is 0.0114. The van der Waals surface area contributed by atoms with Crippen LogP contribution in [-0.4, -0.2) is 49.2 Å². The Morgan fingerprint density at radius 2 is 1.74 bits per heavy atom. The first-order chi connectivity index (χ1) is 22.2. The normalized spacial score (nSPS) is 14.6. The Morgan fingerprint density at radius 3 is 2.46 bits per heavy atom. The molecule has 0 radical (unpaired) electrons. The molecule has 1 aliphatic rings. The zero-order valence-electron chi connectivity index (χ0n) is 25.5. The number of benzene rings is 2. The maximum absolute atomic E-state index is 13.7. The Hall–Kier alpha value is -4.96. The van der Waals surface area contributed by atoms with Crippen LogP contribution in [0.25, 0.3) is 11.6 Å². The largest absolute Gasteiger partial charge is 0.416 e. The van der Waals surface area contributed by atoms with E-state index in [0.29, 0.717) is 12.1 Å². The van der Waals surface area contributed by atoms with E-state index in [2.05, 4.69) is 26.3 Å². The molecule has 1 aliphatic heterocycles. The number of aryl methyl sites for hydroxylation is 1. The quantitative estimate of drug-likeness (QED) is 0.172. The topological polar surface area (TPSA) is 65.8 Å². The first-order valence-corrected chi connectivity index (χ1v) is 15.3. The molecule has 1 amide bonds. The maximum atomic E-state index is 13.7. The van der Waals surface area contributed by atoms with Crippen LogP contribution in [0.1, 0.15) is 40.9 Å². The summed E-state index contributed by atoms with van der Waals surface area (Å²) in [5.74, 6) is -0.173. The molecule has 3 aromatic heterocycles. The van der Waals surface area contributed by atoms with Crippen LogP contribution in [0.15, 0.2) is 104 Å². The highest BCUT2D eigenvalue weighted by molar-refractivity contribution is 5.92. The van der Waals surface area contributed by atoms with Crippen molar-refractivity contribution in [3.05, 3.63) is 132 Å². The van der Waals surface area contributed by atoms with Crippen LogP contribution in [-0.2, 0) is 24.1 Å². The second-order valence-electron chi connectivity index (χ2n) is 11.6. The van der Waals surface area contributed by atoms with Gasteiger partial charge < -0.3 is 14.6 Å². The Kier molecular flexibility index (Phi) is 9.16. The van der Waals surface area contributed by atoms with Gasteiger partial charge in [0.2, 0.25) is 5.91 Å². The summed E-state index contributed by atoms with van der Waals surface area (Å²) in [5, 5.41) is 3.38. The standard InChI is InChI=1S/C36H35F3N6O/c1-26-22-31(15-18-40-26)42-30-12-7-28(8-13-30)23-45(35(46)14-9-27-5-10-29(11-6-27)36(37,38)39)32-16-20-43(21-17-32)24-33-34-4-2-3-19-44(34)25-41-33/h2-15,18-19,22,25,32H,16-17,20-21,23-24H2,1H3,(H,40,42)/b14-9+. The van der Waals surface area contributed by atoms with Crippen LogP contribution in [0.5, 0.6) is 0 Å². The molecule has 0 aliphatic carbocycles. The van der Waals surface area contributed by atoms with E-state index in [9.17, 15) is 18.0 Å². The van der Waals surface area contributed by atoms with Gasteiger partial charge in [-0.05, 0) is 85.5 Å². The lowest BCUT2D eigenvalue weighted by Gasteiger charge is -2.38. The number of nitrogens with one attached hydrogen (secondary N) is 1. The van der Waals surface area contributed by atoms with Gasteiger partial charge in [0.1, 0.15) is 0 Å². The highest BCUT2D eigenvalue weighted by atomic mass is 19.4. The smallest absolute Gasteiger partial charge is 0.355 e. The summed E-state index contributed by atoms with van der Waals surface area (Å²) in [5.41, 5.74) is 5.71. The predicted octanol–water partition coefficient (Wildman–Crippen LogP) is 7.51. The molecular formula is C36H35F3N6O. The van der Waals surface area contributed by atoms with E-state index in [0.717, 1.165) is 78.5 Å². The van der Waals surface area contributed by atoms with E-state index in [4.69, 9.17) is 0 Å². The van der Waals surface area contributed by atoms with Gasteiger partial charge in [0.05, 0.1) is 23.1 Å². The Balaban J connectivity index is 1.15. The molecule has 1 saturated heterocycles. The summed E-state index contributed by atoms with van der Waals surface area (Å²) in [7, 11) is 0. The van der Waals surface area contributed by atoms with E-state index in [1.165, 1.54) is 18.2 Å². The molecule has 236 valence electrons. The molecule has 46 heavy (non-hydrogen) atoms. The van der Waals surface area contributed by atoms with Crippen LogP contribution in [0.4, 0.5) is 24.5 Å². The number of aromatic nitrogens is 3. The van der Waals surface area contributed by atoms with Gasteiger partial charge in [0.25, 0.3) is 0 Å². The lowest BCUT2D eigenvalue weighted by molar-refractivity contribution is -0.137. The molecule has 0 spiro atoms. The third-order valence-electron chi connectivity index (χ3n) is 8.33. The number of rotatable bonds is 9. The van der Waals surface area contributed by atoms with Crippen LogP contribution in [0, 0.1) is 6.92 Å². The average molecular weight is 625 g/mol. The number of piperidine rings is 1. The van der Waals surface area contributed by atoms with Crippen LogP contribution in [0.2, 0.25) is 0 Å². The van der Waals surface area contributed by atoms with Crippen molar-refractivity contribution in [1.29, 1.82) is 0 Å². The maximum Gasteiger partial charge on any atom is 0.416 e. The Morgan fingerprint density at radius 1 is 0.978 bits per heavy atom. The number of fused-ring (bicyclic) bond motifs is 1. The molecule has 0 bridgehead atoms. The number of amides is 1. The summed E-state index contributed by atoms with van der Waals surface area (Å²) >= 11 is 0. The van der Waals surface area contributed by atoms with Crippen LogP contribution < -0.4 is 5.32 Å². The van der Waals surface area contributed by atoms with Gasteiger partial charge >= 0.3 is 6.18 Å². The number of anilines is 2. The van der Waals surface area contributed by atoms with E-state index in [1.807, 2.05) is 77.3 Å². The third-order valence-corrected chi connectivity index (χ3v) is 8.33. The van der Waals surface area contributed by atoms with Gasteiger partial charge in [0, 0.05) is 67.8 Å². The molecule has 2 aromatic carbocycles. The van der Waals surface area contributed by atoms with E-state index < -0.39 is 11.7 Å². The fourth-order valence-corrected chi connectivity index (χ4v) is 5.84. The fraction of sp³-hybridized carbons (Fsp3) is 0.250. The monoisotopic (exact) mass is 624 g/mol. The summed E-state index contributed by atoms with van der Waals surface area (Å²) < 4.78 is 41.1. The molecule has 0 saturated carbocycles. The predicted molar refractivity (Wildman–Crippen MR) is 173 cm³/mol. The first kappa shape index (κ1) is 31.0. The lowest BCUT2D eigenvalue weighted by atomic mass is 10.0. The molecular weight excluding hydrogens is 589 g/mol. The molecule has 0 atom stereocenters. The second kappa shape index (κ2) is 13.6. The number of alkyl halides is 3. The van der Waals surface area contributed by atoms with Crippen molar-refractivity contribution in [2.24, 2.45) is 0 Å². The van der Waals surface area contributed by atoms with E-state index in [1.54, 1.807) is 12.3 Å². The SMILES string of the molecule is Cc1cc(Nc2ccc(CN(C(=O)/C=C/c3ccc(C(F)(F)F)cc3)C3CCN(Cc4ncn5ccccc45)CC3)cc2)ccn1. The van der Waals surface area contributed by atoms with Gasteiger partial charge in [-0.15, -0.1) is 0 Å². The minimum Gasteiger partial charge on any atom is -0.355 e. The van der Waals surface area contributed by atoms with Crippen molar-refractivity contribution >= 4 is 28.9 Å². The molecule has 1 fully saturated rings. The van der Waals surface area contributed by atoms with Crippen molar-refractivity contribution in [3.8, 4) is 0 Å². The van der Waals surface area contributed by atoms with Crippen molar-refractivity contribution in [2.45, 2.75) is 45.1 Å². The van der Waals surface area contributed by atoms with Crippen molar-refractivity contribution < 1.29 is 18.0 Å². The van der Waals surface area contributed by atoms with Gasteiger partial charge in [-0.3, -0.25) is 14.7 Å². The number of nitrogens with zero attached hydrogens (tertiary/aromatic N) is 5. The summed E-state index contributed by atoms with van der Waals surface area (Å²) in [6, 6.07) is 22.8. The summed E-state index contributed by atoms with van der Waals surface area (Å²) in [4.78, 5) is 26.8. The van der Waals surface area contributed by atoms with Gasteiger partial charge in [-0.25, -0.2) is 4.98 Å². The van der Waals surface area contributed by atoms with Crippen LogP contribution in [0.3, 0.4) is 0 Å². The van der Waals surface area contributed by atoms with Crippen LogP contribution >= 0.6 is 0 Å². The average Bonchev–Trinajstić information content (AvgIpc) is 3.46. The highest BCUT2D eigenvalue weighted by Gasteiger charge is 2.30. The lowest BCUT2D eigenvalue weighted by Crippen LogP contribution is -2.46. The molecule has 4 heterocycles. The number of hydrogen-bond acceptors (Lipinski definition) is 5. The van der Waals surface area contributed by atoms with Gasteiger partial charge in [-0.2, -0.15) is 13.2 Å². The zero-order chi connectivity index (χ0) is 32.1. The van der Waals surface area contributed by atoms with E-state index >= 15 is 0 Å². The van der Waals surface area contributed by atoms with Crippen molar-refractivity contribution in [2.75, 3.05) is 18.4 Å². The van der Waals surface area contributed by atoms with Gasteiger partial charge in [0.15, 0.2) is 0 Å². The zero-order valence-corrected chi connectivity index (χ0v) is 25.5. The number of likely N-dealkylation sites (tertiary alicyclic amines) is 1. The Labute approximate surface area is 266 Å². The number of hydrogen-bond donors (Lipinski definition) is 1. The van der Waals surface area contributed by atoms with Gasteiger partial charge in [-0.1, -0.05) is 30.3 Å². The molecule has 10 heteroatoms. The first-order valence-electron chi connectivity index (χ1n) is 15.3. The number of halogens is 3. The molecule has 5 aromatic rings. The third kappa shape index (κ3) is 7.63. The number of pyridine rings is 2. The summed E-state index contributed by atoms with van der Waals surface area (Å²) in [6.45, 7) is 4.73.